The zero-order valence-corrected chi connectivity index (χ0v) is 17.6. The quantitative estimate of drug-likeness (QED) is 0.584. The van der Waals surface area contributed by atoms with Crippen molar-refractivity contribution in [2.24, 2.45) is 0 Å². The lowest BCUT2D eigenvalue weighted by molar-refractivity contribution is -0.115. The molecule has 0 aromatic heterocycles. The second-order valence-corrected chi connectivity index (χ2v) is 8.98. The van der Waals surface area contributed by atoms with Crippen molar-refractivity contribution in [2.45, 2.75) is 25.2 Å². The van der Waals surface area contributed by atoms with Gasteiger partial charge in [-0.3, -0.25) is 9.52 Å². The van der Waals surface area contributed by atoms with Gasteiger partial charge in [0.05, 0.1) is 11.3 Å². The number of carbonyl (C=O) groups is 1. The van der Waals surface area contributed by atoms with Crippen molar-refractivity contribution in [3.8, 4) is 0 Å². The summed E-state index contributed by atoms with van der Waals surface area (Å²) in [6.07, 6.45) is 0.200. The molecule has 7 heteroatoms. The zero-order valence-electron chi connectivity index (χ0n) is 16.1. The van der Waals surface area contributed by atoms with Crippen LogP contribution in [0.2, 0.25) is 5.02 Å². The van der Waals surface area contributed by atoms with E-state index in [1.807, 2.05) is 19.9 Å². The topological polar surface area (TPSA) is 75.3 Å². The number of hydrogen-bond donors (Lipinski definition) is 2. The molecule has 150 valence electrons. The summed E-state index contributed by atoms with van der Waals surface area (Å²) in [5.41, 5.74) is 3.82. The highest BCUT2D eigenvalue weighted by atomic mass is 35.5. The van der Waals surface area contributed by atoms with E-state index < -0.39 is 10.0 Å². The van der Waals surface area contributed by atoms with E-state index in [1.165, 1.54) is 12.1 Å². The van der Waals surface area contributed by atoms with E-state index in [4.69, 9.17) is 11.6 Å². The third-order valence-corrected chi connectivity index (χ3v) is 5.85. The van der Waals surface area contributed by atoms with E-state index in [9.17, 15) is 13.2 Å². The van der Waals surface area contributed by atoms with E-state index >= 15 is 0 Å². The van der Waals surface area contributed by atoms with Crippen LogP contribution in [0, 0.1) is 13.8 Å². The number of anilines is 2. The standard InChI is InChI=1S/C22H21ClN2O3S/c1-15-11-16(2)13-20(12-15)25-29(27,28)21-9-7-19(8-10-21)24-22(26)14-17-3-5-18(23)6-4-17/h3-13,25H,14H2,1-2H3,(H,24,26). The van der Waals surface area contributed by atoms with Gasteiger partial charge in [-0.1, -0.05) is 29.8 Å². The molecule has 0 aliphatic heterocycles. The lowest BCUT2D eigenvalue weighted by atomic mass is 10.1. The molecule has 3 aromatic rings. The molecule has 0 bridgehead atoms. The fourth-order valence-electron chi connectivity index (χ4n) is 2.96. The number of rotatable bonds is 6. The summed E-state index contributed by atoms with van der Waals surface area (Å²) in [5, 5.41) is 3.37. The fraction of sp³-hybridized carbons (Fsp3) is 0.136. The van der Waals surface area contributed by atoms with Gasteiger partial charge < -0.3 is 5.32 Å². The van der Waals surface area contributed by atoms with Crippen molar-refractivity contribution >= 4 is 38.9 Å². The van der Waals surface area contributed by atoms with E-state index in [-0.39, 0.29) is 17.2 Å². The van der Waals surface area contributed by atoms with Gasteiger partial charge in [0.25, 0.3) is 10.0 Å². The van der Waals surface area contributed by atoms with Crippen LogP contribution in [0.4, 0.5) is 11.4 Å². The Kier molecular flexibility index (Phi) is 6.25. The number of sulfonamides is 1. The molecule has 0 radical (unpaired) electrons. The zero-order chi connectivity index (χ0) is 21.0. The van der Waals surface area contributed by atoms with Crippen LogP contribution < -0.4 is 10.0 Å². The van der Waals surface area contributed by atoms with E-state index in [0.29, 0.717) is 16.4 Å². The van der Waals surface area contributed by atoms with Gasteiger partial charge in [0.15, 0.2) is 0 Å². The predicted octanol–water partition coefficient (Wildman–Crippen LogP) is 4.94. The molecule has 29 heavy (non-hydrogen) atoms. The SMILES string of the molecule is Cc1cc(C)cc(NS(=O)(=O)c2ccc(NC(=O)Cc3ccc(Cl)cc3)cc2)c1. The average Bonchev–Trinajstić information content (AvgIpc) is 2.63. The molecule has 0 atom stereocenters. The van der Waals surface area contributed by atoms with Gasteiger partial charge in [-0.05, 0) is 79.1 Å². The van der Waals surface area contributed by atoms with E-state index in [2.05, 4.69) is 10.0 Å². The molecule has 0 fully saturated rings. The van der Waals surface area contributed by atoms with Crippen LogP contribution in [0.25, 0.3) is 0 Å². The highest BCUT2D eigenvalue weighted by Crippen LogP contribution is 2.20. The molecule has 0 aliphatic carbocycles. The molecule has 1 amide bonds. The summed E-state index contributed by atoms with van der Waals surface area (Å²) in [5.74, 6) is -0.198. The summed E-state index contributed by atoms with van der Waals surface area (Å²) < 4.78 is 27.8. The Balaban J connectivity index is 1.67. The van der Waals surface area contributed by atoms with Gasteiger partial charge in [-0.15, -0.1) is 0 Å². The number of halogens is 1. The second-order valence-electron chi connectivity index (χ2n) is 6.86. The summed E-state index contributed by atoms with van der Waals surface area (Å²) in [6, 6.07) is 18.6. The fourth-order valence-corrected chi connectivity index (χ4v) is 4.12. The van der Waals surface area contributed by atoms with Crippen molar-refractivity contribution in [1.82, 2.24) is 0 Å². The molecule has 0 spiro atoms. The van der Waals surface area contributed by atoms with Gasteiger partial charge in [0, 0.05) is 16.4 Å². The predicted molar refractivity (Wildman–Crippen MR) is 117 cm³/mol. The van der Waals surface area contributed by atoms with Crippen LogP contribution in [-0.2, 0) is 21.2 Å². The maximum atomic E-state index is 12.6. The highest BCUT2D eigenvalue weighted by Gasteiger charge is 2.15. The first kappa shape index (κ1) is 20.9. The van der Waals surface area contributed by atoms with Crippen LogP contribution in [0.1, 0.15) is 16.7 Å². The van der Waals surface area contributed by atoms with Crippen LogP contribution >= 0.6 is 11.6 Å². The third kappa shape index (κ3) is 5.82. The number of aryl methyl sites for hydroxylation is 2. The first-order chi connectivity index (χ1) is 13.7. The minimum atomic E-state index is -3.72. The highest BCUT2D eigenvalue weighted by molar-refractivity contribution is 7.92. The third-order valence-electron chi connectivity index (χ3n) is 4.20. The molecular formula is C22H21ClN2O3S. The van der Waals surface area contributed by atoms with Gasteiger partial charge in [0.1, 0.15) is 0 Å². The normalized spacial score (nSPS) is 11.1. The number of benzene rings is 3. The molecule has 0 aliphatic rings. The van der Waals surface area contributed by atoms with Gasteiger partial charge in [0.2, 0.25) is 5.91 Å². The van der Waals surface area contributed by atoms with Crippen molar-refractivity contribution < 1.29 is 13.2 Å². The Morgan fingerprint density at radius 1 is 0.862 bits per heavy atom. The summed E-state index contributed by atoms with van der Waals surface area (Å²) in [6.45, 7) is 3.82. The second kappa shape index (κ2) is 8.68. The summed E-state index contributed by atoms with van der Waals surface area (Å²) in [4.78, 5) is 12.3. The molecular weight excluding hydrogens is 408 g/mol. The number of carbonyl (C=O) groups excluding carboxylic acids is 1. The molecule has 3 rings (SSSR count). The van der Waals surface area contributed by atoms with Crippen LogP contribution in [0.5, 0.6) is 0 Å². The molecule has 0 saturated heterocycles. The van der Waals surface area contributed by atoms with Gasteiger partial charge >= 0.3 is 0 Å². The maximum Gasteiger partial charge on any atom is 0.261 e. The van der Waals surface area contributed by atoms with E-state index in [0.717, 1.165) is 16.7 Å². The number of amides is 1. The molecule has 5 nitrogen and oxygen atoms in total. The van der Waals surface area contributed by atoms with Crippen molar-refractivity contribution in [3.05, 3.63) is 88.4 Å². The molecule has 2 N–H and O–H groups in total. The Morgan fingerprint density at radius 3 is 2.03 bits per heavy atom. The molecule has 0 heterocycles. The summed E-state index contributed by atoms with van der Waals surface area (Å²) in [7, 11) is -3.72. The molecule has 0 saturated carbocycles. The largest absolute Gasteiger partial charge is 0.326 e. The Labute approximate surface area is 175 Å². The Bertz CT molecular complexity index is 1110. The lowest BCUT2D eigenvalue weighted by Gasteiger charge is -2.11. The minimum absolute atomic E-state index is 0.118. The van der Waals surface area contributed by atoms with Gasteiger partial charge in [-0.2, -0.15) is 0 Å². The minimum Gasteiger partial charge on any atom is -0.326 e. The smallest absolute Gasteiger partial charge is 0.261 e. The Morgan fingerprint density at radius 2 is 1.45 bits per heavy atom. The first-order valence-corrected chi connectivity index (χ1v) is 10.8. The molecule has 0 unspecified atom stereocenters. The first-order valence-electron chi connectivity index (χ1n) is 8.97. The lowest BCUT2D eigenvalue weighted by Crippen LogP contribution is -2.15. The monoisotopic (exact) mass is 428 g/mol. The Hall–Kier alpha value is -2.83. The maximum absolute atomic E-state index is 12.6. The van der Waals surface area contributed by atoms with Crippen molar-refractivity contribution in [2.75, 3.05) is 10.0 Å². The van der Waals surface area contributed by atoms with Gasteiger partial charge in [-0.25, -0.2) is 8.42 Å². The van der Waals surface area contributed by atoms with Crippen LogP contribution in [0.3, 0.4) is 0 Å². The van der Waals surface area contributed by atoms with Crippen LogP contribution in [0.15, 0.2) is 71.6 Å². The number of hydrogen-bond acceptors (Lipinski definition) is 3. The average molecular weight is 429 g/mol. The number of nitrogens with one attached hydrogen (secondary N) is 2. The summed E-state index contributed by atoms with van der Waals surface area (Å²) >= 11 is 5.84. The molecule has 3 aromatic carbocycles. The van der Waals surface area contributed by atoms with Crippen molar-refractivity contribution in [3.63, 3.8) is 0 Å². The van der Waals surface area contributed by atoms with Crippen LogP contribution in [-0.4, -0.2) is 14.3 Å². The van der Waals surface area contributed by atoms with Crippen molar-refractivity contribution in [1.29, 1.82) is 0 Å². The van der Waals surface area contributed by atoms with E-state index in [1.54, 1.807) is 48.5 Å².